The highest BCUT2D eigenvalue weighted by molar-refractivity contribution is 6.36. The first kappa shape index (κ1) is 10.4. The topological polar surface area (TPSA) is 48.3 Å². The highest BCUT2D eigenvalue weighted by atomic mass is 16.5. The molecule has 1 heterocycles. The van der Waals surface area contributed by atoms with Crippen molar-refractivity contribution in [1.29, 1.82) is 0 Å². The number of Topliss-reactive ketones (excluding diaryl/α,β-unsaturated/α-hetero) is 1. The normalized spacial score (nSPS) is 10.4. The van der Waals surface area contributed by atoms with Gasteiger partial charge >= 0.3 is 0 Å². The van der Waals surface area contributed by atoms with Gasteiger partial charge in [0.05, 0.1) is 18.2 Å². The van der Waals surface area contributed by atoms with Crippen molar-refractivity contribution in [2.45, 2.75) is 0 Å². The number of carbonyl (C=O) groups excluding carboxylic acids is 2. The average Bonchev–Trinajstić information content (AvgIpc) is 2.65. The van der Waals surface area contributed by atoms with Crippen LogP contribution in [0.25, 0.3) is 10.9 Å². The molecule has 0 N–H and O–H groups in total. The first-order chi connectivity index (χ1) is 7.67. The predicted octanol–water partition coefficient (Wildman–Crippen LogP) is 1.57. The molecule has 4 nitrogen and oxygen atoms in total. The van der Waals surface area contributed by atoms with E-state index in [4.69, 9.17) is 4.74 Å². The maximum absolute atomic E-state index is 11.4. The van der Waals surface area contributed by atoms with E-state index in [0.717, 1.165) is 16.7 Å². The van der Waals surface area contributed by atoms with Gasteiger partial charge in [-0.15, -0.1) is 0 Å². The summed E-state index contributed by atoms with van der Waals surface area (Å²) in [4.78, 5) is 21.9. The second-order valence-electron chi connectivity index (χ2n) is 3.52. The number of hydrogen-bond acceptors (Lipinski definition) is 3. The summed E-state index contributed by atoms with van der Waals surface area (Å²) < 4.78 is 6.91. The summed E-state index contributed by atoms with van der Waals surface area (Å²) in [5.41, 5.74) is 1.29. The van der Waals surface area contributed by atoms with Gasteiger partial charge in [0.25, 0.3) is 0 Å². The third-order valence-electron chi connectivity index (χ3n) is 2.57. The lowest BCUT2D eigenvalue weighted by molar-refractivity contribution is -0.104. The summed E-state index contributed by atoms with van der Waals surface area (Å²) in [7, 11) is 3.41. The quantitative estimate of drug-likeness (QED) is 0.445. The fraction of sp³-hybridized carbons (Fsp3) is 0.167. The Morgan fingerprint density at radius 1 is 1.44 bits per heavy atom. The molecular weight excluding hydrogens is 206 g/mol. The highest BCUT2D eigenvalue weighted by Crippen LogP contribution is 2.25. The van der Waals surface area contributed by atoms with E-state index >= 15 is 0 Å². The van der Waals surface area contributed by atoms with Gasteiger partial charge in [0.15, 0.2) is 6.29 Å². The zero-order valence-electron chi connectivity index (χ0n) is 9.06. The zero-order valence-corrected chi connectivity index (χ0v) is 9.06. The molecule has 1 aromatic heterocycles. The van der Waals surface area contributed by atoms with Gasteiger partial charge in [-0.1, -0.05) is 0 Å². The lowest BCUT2D eigenvalue weighted by Crippen LogP contribution is -1.98. The largest absolute Gasteiger partial charge is 0.497 e. The van der Waals surface area contributed by atoms with Crippen LogP contribution in [0.4, 0.5) is 0 Å². The number of aromatic nitrogens is 1. The summed E-state index contributed by atoms with van der Waals surface area (Å²) in [6.45, 7) is 0. The molecule has 0 saturated carbocycles. The van der Waals surface area contributed by atoms with Gasteiger partial charge in [0, 0.05) is 24.7 Å². The van der Waals surface area contributed by atoms with Gasteiger partial charge in [-0.3, -0.25) is 9.59 Å². The number of hydrogen-bond donors (Lipinski definition) is 0. The Labute approximate surface area is 92.4 Å². The molecule has 82 valence electrons. The van der Waals surface area contributed by atoms with Crippen molar-refractivity contribution in [2.24, 2.45) is 7.05 Å². The number of fused-ring (bicyclic) bond motifs is 1. The standard InChI is InChI=1S/C12H11NO3/c1-13-6-10(12(15)7-14)9-4-3-8(16-2)5-11(9)13/h3-7H,1-2H3. The minimum absolute atomic E-state index is 0.332. The molecule has 0 amide bonds. The Bertz CT molecular complexity index is 569. The van der Waals surface area contributed by atoms with Crippen LogP contribution < -0.4 is 4.74 Å². The maximum Gasteiger partial charge on any atom is 0.227 e. The minimum atomic E-state index is -0.504. The maximum atomic E-state index is 11.4. The molecule has 0 spiro atoms. The smallest absolute Gasteiger partial charge is 0.227 e. The molecule has 0 fully saturated rings. The van der Waals surface area contributed by atoms with Gasteiger partial charge in [-0.2, -0.15) is 0 Å². The Balaban J connectivity index is 2.71. The van der Waals surface area contributed by atoms with E-state index in [2.05, 4.69) is 0 Å². The summed E-state index contributed by atoms with van der Waals surface area (Å²) in [5, 5.41) is 0.764. The Kier molecular flexibility index (Phi) is 2.48. The fourth-order valence-corrected chi connectivity index (χ4v) is 1.75. The Hall–Kier alpha value is -2.10. The molecule has 2 rings (SSSR count). The van der Waals surface area contributed by atoms with Crippen molar-refractivity contribution in [3.8, 4) is 5.75 Å². The molecule has 0 aliphatic heterocycles. The molecule has 0 radical (unpaired) electrons. The van der Waals surface area contributed by atoms with Crippen LogP contribution >= 0.6 is 0 Å². The molecule has 1 aromatic carbocycles. The lowest BCUT2D eigenvalue weighted by Gasteiger charge is -2.00. The molecule has 0 atom stereocenters. The third-order valence-corrected chi connectivity index (χ3v) is 2.57. The molecule has 0 aliphatic carbocycles. The first-order valence-corrected chi connectivity index (χ1v) is 4.80. The van der Waals surface area contributed by atoms with Crippen LogP contribution in [0.3, 0.4) is 0 Å². The molecule has 4 heteroatoms. The summed E-state index contributed by atoms with van der Waals surface area (Å²) in [5.74, 6) is 0.217. The second kappa shape index (κ2) is 3.81. The predicted molar refractivity (Wildman–Crippen MR) is 59.9 cm³/mol. The van der Waals surface area contributed by atoms with E-state index in [1.54, 1.807) is 30.0 Å². The lowest BCUT2D eigenvalue weighted by atomic mass is 10.1. The number of ether oxygens (including phenoxy) is 1. The van der Waals surface area contributed by atoms with Crippen molar-refractivity contribution >= 4 is 23.0 Å². The minimum Gasteiger partial charge on any atom is -0.497 e. The summed E-state index contributed by atoms with van der Waals surface area (Å²) in [6, 6.07) is 5.38. The van der Waals surface area contributed by atoms with Crippen LogP contribution in [0.5, 0.6) is 5.75 Å². The average molecular weight is 217 g/mol. The first-order valence-electron chi connectivity index (χ1n) is 4.80. The van der Waals surface area contributed by atoms with Crippen LogP contribution in [0, 0.1) is 0 Å². The highest BCUT2D eigenvalue weighted by Gasteiger charge is 2.13. The number of rotatable bonds is 3. The molecule has 0 aliphatic rings. The van der Waals surface area contributed by atoms with Gasteiger partial charge in [-0.25, -0.2) is 0 Å². The van der Waals surface area contributed by atoms with Gasteiger partial charge in [-0.05, 0) is 12.1 Å². The molecular formula is C12H11NO3. The summed E-state index contributed by atoms with van der Waals surface area (Å²) >= 11 is 0. The van der Waals surface area contributed by atoms with Crippen molar-refractivity contribution in [3.63, 3.8) is 0 Å². The molecule has 0 saturated heterocycles. The van der Waals surface area contributed by atoms with E-state index in [-0.39, 0.29) is 0 Å². The number of aryl methyl sites for hydroxylation is 1. The Morgan fingerprint density at radius 3 is 2.81 bits per heavy atom. The third kappa shape index (κ3) is 1.48. The van der Waals surface area contributed by atoms with Crippen LogP contribution in [-0.4, -0.2) is 23.7 Å². The number of carbonyl (C=O) groups is 2. The van der Waals surface area contributed by atoms with Crippen molar-refractivity contribution < 1.29 is 14.3 Å². The fourth-order valence-electron chi connectivity index (χ4n) is 1.75. The van der Waals surface area contributed by atoms with E-state index in [0.29, 0.717) is 11.8 Å². The Morgan fingerprint density at radius 2 is 2.19 bits per heavy atom. The molecule has 16 heavy (non-hydrogen) atoms. The van der Waals surface area contributed by atoms with Crippen LogP contribution in [-0.2, 0) is 11.8 Å². The van der Waals surface area contributed by atoms with E-state index in [1.165, 1.54) is 0 Å². The van der Waals surface area contributed by atoms with Crippen molar-refractivity contribution in [1.82, 2.24) is 4.57 Å². The van der Waals surface area contributed by atoms with Crippen LogP contribution in [0.15, 0.2) is 24.4 Å². The number of benzene rings is 1. The van der Waals surface area contributed by atoms with Crippen LogP contribution in [0.2, 0.25) is 0 Å². The number of aldehydes is 1. The van der Waals surface area contributed by atoms with Gasteiger partial charge < -0.3 is 9.30 Å². The van der Waals surface area contributed by atoms with Gasteiger partial charge in [0.2, 0.25) is 5.78 Å². The summed E-state index contributed by atoms with van der Waals surface area (Å²) in [6.07, 6.45) is 1.99. The molecule has 0 unspecified atom stereocenters. The number of ketones is 1. The number of nitrogens with zero attached hydrogens (tertiary/aromatic N) is 1. The second-order valence-corrected chi connectivity index (χ2v) is 3.52. The van der Waals surface area contributed by atoms with E-state index in [9.17, 15) is 9.59 Å². The monoisotopic (exact) mass is 217 g/mol. The molecule has 0 bridgehead atoms. The van der Waals surface area contributed by atoms with E-state index in [1.807, 2.05) is 13.1 Å². The van der Waals surface area contributed by atoms with Gasteiger partial charge in [0.1, 0.15) is 5.75 Å². The van der Waals surface area contributed by atoms with Crippen LogP contribution in [0.1, 0.15) is 10.4 Å². The number of methoxy groups -OCH3 is 1. The van der Waals surface area contributed by atoms with Crippen molar-refractivity contribution in [3.05, 3.63) is 30.0 Å². The SMILES string of the molecule is COc1ccc2c(C(=O)C=O)cn(C)c2c1. The van der Waals surface area contributed by atoms with Crippen molar-refractivity contribution in [2.75, 3.05) is 7.11 Å². The zero-order chi connectivity index (χ0) is 11.7. The molecule has 2 aromatic rings. The van der Waals surface area contributed by atoms with E-state index < -0.39 is 5.78 Å².